The molecule has 1 saturated heterocycles. The van der Waals surface area contributed by atoms with Crippen molar-refractivity contribution in [3.63, 3.8) is 0 Å². The molecule has 148 valence electrons. The Kier molecular flexibility index (Phi) is 5.36. The minimum absolute atomic E-state index is 0.0322. The largest absolute Gasteiger partial charge is 0.368 e. The summed E-state index contributed by atoms with van der Waals surface area (Å²) < 4.78 is 0. The highest BCUT2D eigenvalue weighted by Gasteiger charge is 2.25. The van der Waals surface area contributed by atoms with Crippen LogP contribution in [0.3, 0.4) is 0 Å². The van der Waals surface area contributed by atoms with E-state index in [2.05, 4.69) is 15.1 Å². The molecule has 1 fully saturated rings. The predicted octanol–water partition coefficient (Wildman–Crippen LogP) is 3.90. The number of nitrogens with zero attached hydrogens (tertiary/aromatic N) is 3. The zero-order valence-electron chi connectivity index (χ0n) is 16.1. The number of carbonyl (C=O) groups excluding carboxylic acids is 2. The van der Waals surface area contributed by atoms with Crippen molar-refractivity contribution < 1.29 is 9.59 Å². The van der Waals surface area contributed by atoms with Crippen LogP contribution in [-0.2, 0) is 0 Å². The molecule has 1 N–H and O–H groups in total. The maximum absolute atomic E-state index is 13.1. The van der Waals surface area contributed by atoms with Crippen molar-refractivity contribution in [1.29, 1.82) is 0 Å². The lowest BCUT2D eigenvalue weighted by Gasteiger charge is -2.36. The van der Waals surface area contributed by atoms with Crippen LogP contribution in [0.25, 0.3) is 11.3 Å². The predicted molar refractivity (Wildman–Crippen MR) is 114 cm³/mol. The average molecular weight is 409 g/mol. The zero-order valence-corrected chi connectivity index (χ0v) is 16.8. The van der Waals surface area contributed by atoms with Crippen LogP contribution < -0.4 is 4.90 Å². The second kappa shape index (κ2) is 8.09. The van der Waals surface area contributed by atoms with Crippen LogP contribution in [0.4, 0.5) is 5.69 Å². The number of benzene rings is 2. The third kappa shape index (κ3) is 4.03. The van der Waals surface area contributed by atoms with Gasteiger partial charge in [-0.3, -0.25) is 14.7 Å². The number of aromatic nitrogens is 2. The highest BCUT2D eigenvalue weighted by molar-refractivity contribution is 6.30. The fraction of sp³-hybridized carbons (Fsp3) is 0.227. The van der Waals surface area contributed by atoms with E-state index in [0.29, 0.717) is 34.9 Å². The standard InChI is InChI=1S/C22H21ClN4O2/c1-15(28)16-4-8-19(9-5-16)26-10-12-27(13-11-26)22(29)20-14-24-25-21(20)17-2-6-18(23)7-3-17/h2-9,14H,10-13H2,1H3,(H,24,25). The Labute approximate surface area is 174 Å². The highest BCUT2D eigenvalue weighted by atomic mass is 35.5. The van der Waals surface area contributed by atoms with E-state index < -0.39 is 0 Å². The Morgan fingerprint density at radius 1 is 0.966 bits per heavy atom. The topological polar surface area (TPSA) is 69.3 Å². The van der Waals surface area contributed by atoms with E-state index in [1.54, 1.807) is 25.3 Å². The molecule has 2 heterocycles. The van der Waals surface area contributed by atoms with Gasteiger partial charge in [-0.15, -0.1) is 0 Å². The summed E-state index contributed by atoms with van der Waals surface area (Å²) in [6, 6.07) is 14.9. The summed E-state index contributed by atoms with van der Waals surface area (Å²) >= 11 is 5.96. The van der Waals surface area contributed by atoms with Crippen LogP contribution in [0.15, 0.2) is 54.7 Å². The van der Waals surface area contributed by atoms with Gasteiger partial charge in [0.15, 0.2) is 5.78 Å². The first-order valence-electron chi connectivity index (χ1n) is 9.47. The zero-order chi connectivity index (χ0) is 20.4. The Bertz CT molecular complexity index is 1020. The third-order valence-corrected chi connectivity index (χ3v) is 5.46. The molecule has 0 aliphatic carbocycles. The SMILES string of the molecule is CC(=O)c1ccc(N2CCN(C(=O)c3cn[nH]c3-c3ccc(Cl)cc3)CC2)cc1. The maximum atomic E-state index is 13.1. The average Bonchev–Trinajstić information content (AvgIpc) is 3.24. The van der Waals surface area contributed by atoms with Gasteiger partial charge in [0.2, 0.25) is 0 Å². The van der Waals surface area contributed by atoms with Crippen molar-refractivity contribution in [1.82, 2.24) is 15.1 Å². The molecule has 1 aliphatic heterocycles. The number of aromatic amines is 1. The van der Waals surface area contributed by atoms with Gasteiger partial charge in [-0.1, -0.05) is 23.7 Å². The molecule has 3 aromatic rings. The van der Waals surface area contributed by atoms with Gasteiger partial charge in [-0.25, -0.2) is 0 Å². The van der Waals surface area contributed by atoms with Crippen LogP contribution >= 0.6 is 11.6 Å². The molecule has 0 radical (unpaired) electrons. The number of hydrogen-bond acceptors (Lipinski definition) is 4. The van der Waals surface area contributed by atoms with Crippen LogP contribution in [0.2, 0.25) is 5.02 Å². The van der Waals surface area contributed by atoms with Crippen LogP contribution in [-0.4, -0.2) is 53.0 Å². The Morgan fingerprint density at radius 2 is 1.62 bits per heavy atom. The second-order valence-electron chi connectivity index (χ2n) is 7.05. The lowest BCUT2D eigenvalue weighted by molar-refractivity contribution is 0.0747. The number of piperazine rings is 1. The molecule has 0 atom stereocenters. The molecule has 1 amide bonds. The molecule has 0 bridgehead atoms. The van der Waals surface area contributed by atoms with Crippen molar-refractivity contribution in [2.45, 2.75) is 6.92 Å². The van der Waals surface area contributed by atoms with E-state index in [0.717, 1.165) is 24.3 Å². The van der Waals surface area contributed by atoms with Gasteiger partial charge in [-0.2, -0.15) is 5.10 Å². The number of hydrogen-bond donors (Lipinski definition) is 1. The van der Waals surface area contributed by atoms with Gasteiger partial charge >= 0.3 is 0 Å². The molecule has 0 saturated carbocycles. The number of rotatable bonds is 4. The number of anilines is 1. The summed E-state index contributed by atoms with van der Waals surface area (Å²) in [5.41, 5.74) is 3.91. The maximum Gasteiger partial charge on any atom is 0.257 e. The van der Waals surface area contributed by atoms with Gasteiger partial charge in [0, 0.05) is 48.0 Å². The van der Waals surface area contributed by atoms with E-state index in [4.69, 9.17) is 11.6 Å². The van der Waals surface area contributed by atoms with Crippen molar-refractivity contribution in [3.05, 3.63) is 70.9 Å². The first kappa shape index (κ1) is 19.2. The third-order valence-electron chi connectivity index (χ3n) is 5.21. The lowest BCUT2D eigenvalue weighted by Crippen LogP contribution is -2.48. The molecule has 1 aliphatic rings. The molecule has 0 spiro atoms. The van der Waals surface area contributed by atoms with Gasteiger partial charge in [0.05, 0.1) is 17.5 Å². The molecule has 6 nitrogen and oxygen atoms in total. The summed E-state index contributed by atoms with van der Waals surface area (Å²) in [6.07, 6.45) is 1.58. The van der Waals surface area contributed by atoms with Gasteiger partial charge < -0.3 is 9.80 Å². The summed E-state index contributed by atoms with van der Waals surface area (Å²) in [5, 5.41) is 7.66. The van der Waals surface area contributed by atoms with Crippen LogP contribution in [0.1, 0.15) is 27.6 Å². The summed E-state index contributed by atoms with van der Waals surface area (Å²) in [7, 11) is 0. The first-order chi connectivity index (χ1) is 14.0. The summed E-state index contributed by atoms with van der Waals surface area (Å²) in [6.45, 7) is 4.28. The number of nitrogens with one attached hydrogen (secondary N) is 1. The van der Waals surface area contributed by atoms with E-state index >= 15 is 0 Å². The number of amides is 1. The van der Waals surface area contributed by atoms with Crippen molar-refractivity contribution in [2.75, 3.05) is 31.1 Å². The van der Waals surface area contributed by atoms with Crippen LogP contribution in [0.5, 0.6) is 0 Å². The fourth-order valence-corrected chi connectivity index (χ4v) is 3.66. The number of halogens is 1. The van der Waals surface area contributed by atoms with Crippen molar-refractivity contribution in [2.24, 2.45) is 0 Å². The monoisotopic (exact) mass is 408 g/mol. The Balaban J connectivity index is 1.44. The molecular weight excluding hydrogens is 388 g/mol. The summed E-state index contributed by atoms with van der Waals surface area (Å²) in [5.74, 6) is 0.0267. The molecular formula is C22H21ClN4O2. The molecule has 0 unspecified atom stereocenters. The first-order valence-corrected chi connectivity index (χ1v) is 9.85. The number of ketones is 1. The van der Waals surface area contributed by atoms with Crippen molar-refractivity contribution in [3.8, 4) is 11.3 Å². The Morgan fingerprint density at radius 3 is 2.24 bits per heavy atom. The lowest BCUT2D eigenvalue weighted by atomic mass is 10.1. The molecule has 4 rings (SSSR count). The summed E-state index contributed by atoms with van der Waals surface area (Å²) in [4.78, 5) is 28.6. The number of H-pyrrole nitrogens is 1. The van der Waals surface area contributed by atoms with Gasteiger partial charge in [-0.05, 0) is 43.3 Å². The smallest absolute Gasteiger partial charge is 0.257 e. The molecule has 29 heavy (non-hydrogen) atoms. The van der Waals surface area contributed by atoms with E-state index in [-0.39, 0.29) is 11.7 Å². The van der Waals surface area contributed by atoms with Gasteiger partial charge in [0.1, 0.15) is 0 Å². The minimum Gasteiger partial charge on any atom is -0.368 e. The van der Waals surface area contributed by atoms with Crippen LogP contribution in [0, 0.1) is 0 Å². The number of Topliss-reactive ketones (excluding diaryl/α,β-unsaturated/α-hetero) is 1. The number of carbonyl (C=O) groups is 2. The fourth-order valence-electron chi connectivity index (χ4n) is 3.53. The second-order valence-corrected chi connectivity index (χ2v) is 7.48. The normalized spacial score (nSPS) is 14.1. The molecule has 7 heteroatoms. The molecule has 2 aromatic carbocycles. The van der Waals surface area contributed by atoms with Gasteiger partial charge in [0.25, 0.3) is 5.91 Å². The van der Waals surface area contributed by atoms with E-state index in [9.17, 15) is 9.59 Å². The molecule has 1 aromatic heterocycles. The Hall–Kier alpha value is -3.12. The van der Waals surface area contributed by atoms with E-state index in [1.165, 1.54) is 0 Å². The quantitative estimate of drug-likeness (QED) is 0.665. The highest BCUT2D eigenvalue weighted by Crippen LogP contribution is 2.25. The van der Waals surface area contributed by atoms with Crippen molar-refractivity contribution >= 4 is 29.0 Å². The van der Waals surface area contributed by atoms with E-state index in [1.807, 2.05) is 41.3 Å². The minimum atomic E-state index is -0.0322.